The average Bonchev–Trinajstić information content (AvgIpc) is 2.42. The van der Waals surface area contributed by atoms with Crippen molar-refractivity contribution in [3.63, 3.8) is 0 Å². The fourth-order valence-corrected chi connectivity index (χ4v) is 1.97. The molecule has 4 heteroatoms. The molecule has 0 unspecified atom stereocenters. The Morgan fingerprint density at radius 2 is 1.95 bits per heavy atom. The van der Waals surface area contributed by atoms with Crippen LogP contribution in [0.25, 0.3) is 0 Å². The SMILES string of the molecule is CCC(=O)c1cccc(Oc2ccc(F)c(Br)c2)c1. The summed E-state index contributed by atoms with van der Waals surface area (Å²) < 4.78 is 19.0. The van der Waals surface area contributed by atoms with E-state index < -0.39 is 0 Å². The van der Waals surface area contributed by atoms with Crippen LogP contribution >= 0.6 is 15.9 Å². The van der Waals surface area contributed by atoms with Gasteiger partial charge in [0.25, 0.3) is 0 Å². The van der Waals surface area contributed by atoms with Gasteiger partial charge in [0.15, 0.2) is 5.78 Å². The zero-order valence-corrected chi connectivity index (χ0v) is 11.9. The van der Waals surface area contributed by atoms with Gasteiger partial charge in [0.2, 0.25) is 0 Å². The van der Waals surface area contributed by atoms with E-state index in [1.807, 2.05) is 6.92 Å². The van der Waals surface area contributed by atoms with Gasteiger partial charge in [0.05, 0.1) is 4.47 Å². The summed E-state index contributed by atoms with van der Waals surface area (Å²) in [7, 11) is 0. The van der Waals surface area contributed by atoms with Crippen LogP contribution in [0.2, 0.25) is 0 Å². The molecular weight excluding hydrogens is 311 g/mol. The van der Waals surface area contributed by atoms with E-state index in [-0.39, 0.29) is 11.6 Å². The van der Waals surface area contributed by atoms with E-state index in [0.29, 0.717) is 28.0 Å². The largest absolute Gasteiger partial charge is 0.457 e. The summed E-state index contributed by atoms with van der Waals surface area (Å²) in [5.41, 5.74) is 0.612. The van der Waals surface area contributed by atoms with Gasteiger partial charge in [-0.15, -0.1) is 0 Å². The fraction of sp³-hybridized carbons (Fsp3) is 0.133. The third-order valence-electron chi connectivity index (χ3n) is 2.60. The molecule has 0 N–H and O–H groups in total. The highest BCUT2D eigenvalue weighted by Gasteiger charge is 2.06. The van der Waals surface area contributed by atoms with Crippen molar-refractivity contribution in [1.82, 2.24) is 0 Å². The molecule has 0 heterocycles. The molecule has 0 bridgehead atoms. The molecule has 2 nitrogen and oxygen atoms in total. The van der Waals surface area contributed by atoms with E-state index in [1.54, 1.807) is 30.3 Å². The zero-order valence-electron chi connectivity index (χ0n) is 10.3. The summed E-state index contributed by atoms with van der Waals surface area (Å²) in [6.07, 6.45) is 0.450. The summed E-state index contributed by atoms with van der Waals surface area (Å²) in [5.74, 6) is 0.778. The lowest BCUT2D eigenvalue weighted by Gasteiger charge is -2.07. The number of Topliss-reactive ketones (excluding diaryl/α,β-unsaturated/α-hetero) is 1. The number of rotatable bonds is 4. The van der Waals surface area contributed by atoms with Crippen molar-refractivity contribution in [3.05, 3.63) is 58.3 Å². The zero-order chi connectivity index (χ0) is 13.8. The summed E-state index contributed by atoms with van der Waals surface area (Å²) >= 11 is 3.10. The molecule has 0 aliphatic carbocycles. The first-order valence-corrected chi connectivity index (χ1v) is 6.65. The van der Waals surface area contributed by atoms with Gasteiger partial charge in [-0.25, -0.2) is 4.39 Å². The van der Waals surface area contributed by atoms with Crippen LogP contribution in [-0.4, -0.2) is 5.78 Å². The molecule has 0 radical (unpaired) electrons. The second-order valence-corrected chi connectivity index (χ2v) is 4.84. The van der Waals surface area contributed by atoms with Gasteiger partial charge in [0.1, 0.15) is 17.3 Å². The van der Waals surface area contributed by atoms with Crippen LogP contribution in [0.15, 0.2) is 46.9 Å². The molecule has 2 rings (SSSR count). The predicted molar refractivity (Wildman–Crippen MR) is 75.2 cm³/mol. The van der Waals surface area contributed by atoms with E-state index in [2.05, 4.69) is 15.9 Å². The third kappa shape index (κ3) is 3.41. The number of benzene rings is 2. The second-order valence-electron chi connectivity index (χ2n) is 3.98. The Balaban J connectivity index is 2.23. The van der Waals surface area contributed by atoms with Crippen molar-refractivity contribution >= 4 is 21.7 Å². The van der Waals surface area contributed by atoms with E-state index in [1.165, 1.54) is 12.1 Å². The first-order valence-electron chi connectivity index (χ1n) is 5.86. The third-order valence-corrected chi connectivity index (χ3v) is 3.21. The molecule has 98 valence electrons. The summed E-state index contributed by atoms with van der Waals surface area (Å²) in [6.45, 7) is 1.81. The monoisotopic (exact) mass is 322 g/mol. The Morgan fingerprint density at radius 1 is 1.21 bits per heavy atom. The number of hydrogen-bond acceptors (Lipinski definition) is 2. The molecule has 0 aliphatic heterocycles. The molecule has 19 heavy (non-hydrogen) atoms. The van der Waals surface area contributed by atoms with Crippen molar-refractivity contribution in [2.24, 2.45) is 0 Å². The van der Waals surface area contributed by atoms with E-state index in [0.717, 1.165) is 0 Å². The molecular formula is C15H12BrFO2. The van der Waals surface area contributed by atoms with Crippen LogP contribution in [0.3, 0.4) is 0 Å². The lowest BCUT2D eigenvalue weighted by atomic mass is 10.1. The normalized spacial score (nSPS) is 10.3. The number of carbonyl (C=O) groups is 1. The van der Waals surface area contributed by atoms with Crippen LogP contribution in [-0.2, 0) is 0 Å². The van der Waals surface area contributed by atoms with Crippen molar-refractivity contribution in [2.75, 3.05) is 0 Å². The van der Waals surface area contributed by atoms with Crippen LogP contribution in [0.5, 0.6) is 11.5 Å². The standard InChI is InChI=1S/C15H12BrFO2/c1-2-15(18)10-4-3-5-11(8-10)19-12-6-7-14(17)13(16)9-12/h3-9H,2H2,1H3. The predicted octanol–water partition coefficient (Wildman–Crippen LogP) is 4.97. The Bertz CT molecular complexity index is 611. The molecule has 0 aromatic heterocycles. The highest BCUT2D eigenvalue weighted by Crippen LogP contribution is 2.27. The number of ether oxygens (including phenoxy) is 1. The van der Waals surface area contributed by atoms with Gasteiger partial charge in [-0.3, -0.25) is 4.79 Å². The van der Waals surface area contributed by atoms with E-state index in [9.17, 15) is 9.18 Å². The molecule has 0 saturated heterocycles. The molecule has 0 atom stereocenters. The van der Waals surface area contributed by atoms with E-state index >= 15 is 0 Å². The maximum atomic E-state index is 13.1. The second kappa shape index (κ2) is 5.97. The van der Waals surface area contributed by atoms with Gasteiger partial charge in [-0.05, 0) is 46.3 Å². The number of ketones is 1. The maximum absolute atomic E-state index is 13.1. The van der Waals surface area contributed by atoms with E-state index in [4.69, 9.17) is 4.74 Å². The van der Waals surface area contributed by atoms with Gasteiger partial charge in [-0.1, -0.05) is 19.1 Å². The first-order chi connectivity index (χ1) is 9.10. The molecule has 0 amide bonds. The first kappa shape index (κ1) is 13.7. The lowest BCUT2D eigenvalue weighted by Crippen LogP contribution is -1.96. The highest BCUT2D eigenvalue weighted by molar-refractivity contribution is 9.10. The number of halogens is 2. The minimum Gasteiger partial charge on any atom is -0.457 e. The van der Waals surface area contributed by atoms with Crippen molar-refractivity contribution in [1.29, 1.82) is 0 Å². The molecule has 0 spiro atoms. The maximum Gasteiger partial charge on any atom is 0.162 e. The quantitative estimate of drug-likeness (QED) is 0.742. The van der Waals surface area contributed by atoms with Gasteiger partial charge >= 0.3 is 0 Å². The summed E-state index contributed by atoms with van der Waals surface area (Å²) in [4.78, 5) is 11.6. The van der Waals surface area contributed by atoms with Gasteiger partial charge < -0.3 is 4.74 Å². The molecule has 0 fully saturated rings. The summed E-state index contributed by atoms with van der Waals surface area (Å²) in [5, 5.41) is 0. The highest BCUT2D eigenvalue weighted by atomic mass is 79.9. The molecule has 2 aromatic carbocycles. The van der Waals surface area contributed by atoms with Crippen LogP contribution < -0.4 is 4.74 Å². The Hall–Kier alpha value is -1.68. The summed E-state index contributed by atoms with van der Waals surface area (Å²) in [6, 6.07) is 11.3. The number of hydrogen-bond donors (Lipinski definition) is 0. The minimum atomic E-state index is -0.345. The molecule has 0 aliphatic rings. The van der Waals surface area contributed by atoms with Crippen molar-refractivity contribution in [2.45, 2.75) is 13.3 Å². The number of carbonyl (C=O) groups excluding carboxylic acids is 1. The van der Waals surface area contributed by atoms with Gasteiger partial charge in [-0.2, -0.15) is 0 Å². The van der Waals surface area contributed by atoms with Crippen molar-refractivity contribution in [3.8, 4) is 11.5 Å². The van der Waals surface area contributed by atoms with Gasteiger partial charge in [0, 0.05) is 12.0 Å². The fourth-order valence-electron chi connectivity index (χ4n) is 1.61. The van der Waals surface area contributed by atoms with Crippen LogP contribution in [0, 0.1) is 5.82 Å². The lowest BCUT2D eigenvalue weighted by molar-refractivity contribution is 0.0988. The average molecular weight is 323 g/mol. The Labute approximate surface area is 119 Å². The Morgan fingerprint density at radius 3 is 2.63 bits per heavy atom. The molecule has 0 saturated carbocycles. The Kier molecular flexibility index (Phi) is 4.32. The minimum absolute atomic E-state index is 0.0609. The topological polar surface area (TPSA) is 26.3 Å². The van der Waals surface area contributed by atoms with Crippen LogP contribution in [0.4, 0.5) is 4.39 Å². The smallest absolute Gasteiger partial charge is 0.162 e. The van der Waals surface area contributed by atoms with Crippen molar-refractivity contribution < 1.29 is 13.9 Å². The van der Waals surface area contributed by atoms with Crippen LogP contribution in [0.1, 0.15) is 23.7 Å². The molecule has 2 aromatic rings.